The van der Waals surface area contributed by atoms with Crippen molar-refractivity contribution < 1.29 is 14.8 Å². The average Bonchev–Trinajstić information content (AvgIpc) is 2.39. The van der Waals surface area contributed by atoms with E-state index in [0.29, 0.717) is 5.56 Å². The molecule has 0 spiro atoms. The van der Waals surface area contributed by atoms with E-state index in [1.54, 1.807) is 18.2 Å². The van der Waals surface area contributed by atoms with Crippen molar-refractivity contribution in [3.05, 3.63) is 69.8 Å². The molecule has 18 heavy (non-hydrogen) atoms. The molecule has 1 aliphatic carbocycles. The predicted octanol–water partition coefficient (Wildman–Crippen LogP) is 2.37. The van der Waals surface area contributed by atoms with Gasteiger partial charge in [-0.1, -0.05) is 30.4 Å². The lowest BCUT2D eigenvalue weighted by atomic mass is 9.84. The Morgan fingerprint density at radius 3 is 2.39 bits per heavy atom. The van der Waals surface area contributed by atoms with Gasteiger partial charge in [0.15, 0.2) is 0 Å². The third kappa shape index (κ3) is 1.90. The number of hydrogen-bond donors (Lipinski definition) is 1. The van der Waals surface area contributed by atoms with Crippen LogP contribution in [0, 0.1) is 10.1 Å². The van der Waals surface area contributed by atoms with Crippen molar-refractivity contribution in [2.45, 2.75) is 12.0 Å². The van der Waals surface area contributed by atoms with E-state index >= 15 is 0 Å². The number of hydrogen-bond acceptors (Lipinski definition) is 3. The maximum absolute atomic E-state index is 11.3. The summed E-state index contributed by atoms with van der Waals surface area (Å²) in [5.41, 5.74) is -0.683. The molecule has 1 aliphatic rings. The number of carbonyl (C=O) groups is 1. The Balaban J connectivity index is 2.44. The monoisotopic (exact) mass is 245 g/mol. The lowest BCUT2D eigenvalue weighted by molar-refractivity contribution is -0.563. The number of allylic oxidation sites excluding steroid dienone is 2. The summed E-state index contributed by atoms with van der Waals surface area (Å²) in [5.74, 6) is -1.05. The molecule has 5 nitrogen and oxygen atoms in total. The van der Waals surface area contributed by atoms with Crippen LogP contribution in [0.4, 0.5) is 0 Å². The highest BCUT2D eigenvalue weighted by Gasteiger charge is 2.41. The number of carboxylic acids is 1. The topological polar surface area (TPSA) is 80.4 Å². The van der Waals surface area contributed by atoms with Gasteiger partial charge in [-0.3, -0.25) is 10.1 Å². The lowest BCUT2D eigenvalue weighted by Crippen LogP contribution is -2.33. The van der Waals surface area contributed by atoms with Crippen molar-refractivity contribution in [2.75, 3.05) is 0 Å². The van der Waals surface area contributed by atoms with Crippen LogP contribution >= 0.6 is 0 Å². The Labute approximate surface area is 103 Å². The Hall–Kier alpha value is -2.43. The van der Waals surface area contributed by atoms with E-state index in [2.05, 4.69) is 0 Å². The maximum atomic E-state index is 11.3. The molecule has 0 aromatic heterocycles. The van der Waals surface area contributed by atoms with Gasteiger partial charge in [0.2, 0.25) is 0 Å². The summed E-state index contributed by atoms with van der Waals surface area (Å²) in [4.78, 5) is 21.7. The molecule has 1 aromatic rings. The van der Waals surface area contributed by atoms with E-state index < -0.39 is 11.5 Å². The van der Waals surface area contributed by atoms with Crippen LogP contribution in [-0.2, 0) is 5.54 Å². The maximum Gasteiger partial charge on any atom is 0.335 e. The van der Waals surface area contributed by atoms with Crippen molar-refractivity contribution in [1.82, 2.24) is 0 Å². The summed E-state index contributed by atoms with van der Waals surface area (Å²) in [6.45, 7) is 0. The first-order valence-corrected chi connectivity index (χ1v) is 5.39. The van der Waals surface area contributed by atoms with Crippen LogP contribution in [0.25, 0.3) is 0 Å². The average molecular weight is 245 g/mol. The summed E-state index contributed by atoms with van der Waals surface area (Å²) in [6, 6.07) is 5.76. The van der Waals surface area contributed by atoms with Gasteiger partial charge < -0.3 is 5.11 Å². The third-order valence-corrected chi connectivity index (χ3v) is 3.01. The van der Waals surface area contributed by atoms with Gasteiger partial charge in [0, 0.05) is 16.9 Å². The van der Waals surface area contributed by atoms with Crippen molar-refractivity contribution in [3.63, 3.8) is 0 Å². The number of rotatable bonds is 3. The predicted molar refractivity (Wildman–Crippen MR) is 65.0 cm³/mol. The molecular weight excluding hydrogens is 234 g/mol. The van der Waals surface area contributed by atoms with E-state index in [-0.39, 0.29) is 16.9 Å². The van der Waals surface area contributed by atoms with Crippen LogP contribution in [0.1, 0.15) is 22.3 Å². The quantitative estimate of drug-likeness (QED) is 0.654. The molecule has 2 rings (SSSR count). The van der Waals surface area contributed by atoms with Gasteiger partial charge in [-0.2, -0.15) is 0 Å². The highest BCUT2D eigenvalue weighted by Crippen LogP contribution is 2.33. The molecule has 5 heteroatoms. The van der Waals surface area contributed by atoms with Crippen LogP contribution in [-0.4, -0.2) is 16.0 Å². The van der Waals surface area contributed by atoms with Gasteiger partial charge in [-0.25, -0.2) is 4.79 Å². The first kappa shape index (κ1) is 12.0. The first-order valence-electron chi connectivity index (χ1n) is 5.39. The molecule has 0 saturated carbocycles. The smallest absolute Gasteiger partial charge is 0.335 e. The fraction of sp³-hybridized carbons (Fsp3) is 0.154. The summed E-state index contributed by atoms with van der Waals surface area (Å²) >= 11 is 0. The van der Waals surface area contributed by atoms with Crippen LogP contribution < -0.4 is 0 Å². The molecule has 0 amide bonds. The molecule has 1 unspecified atom stereocenters. The molecule has 1 aromatic carbocycles. The molecule has 0 radical (unpaired) electrons. The molecule has 1 N–H and O–H groups in total. The van der Waals surface area contributed by atoms with E-state index in [9.17, 15) is 14.9 Å². The van der Waals surface area contributed by atoms with Crippen molar-refractivity contribution in [1.29, 1.82) is 0 Å². The SMILES string of the molecule is O=C(O)c1ccc(C2([N+](=O)[O-])C=CC=CC2)cc1. The molecular formula is C13H11NO4. The van der Waals surface area contributed by atoms with Crippen LogP contribution in [0.5, 0.6) is 0 Å². The molecule has 0 saturated heterocycles. The first-order chi connectivity index (χ1) is 8.56. The molecule has 92 valence electrons. The van der Waals surface area contributed by atoms with Crippen molar-refractivity contribution >= 4 is 5.97 Å². The van der Waals surface area contributed by atoms with Gasteiger partial charge in [0.25, 0.3) is 5.54 Å². The molecule has 0 bridgehead atoms. The minimum Gasteiger partial charge on any atom is -0.478 e. The zero-order valence-electron chi connectivity index (χ0n) is 9.45. The normalized spacial score (nSPS) is 21.8. The fourth-order valence-electron chi connectivity index (χ4n) is 1.97. The minimum absolute atomic E-state index is 0.118. The summed E-state index contributed by atoms with van der Waals surface area (Å²) < 4.78 is 0. The highest BCUT2D eigenvalue weighted by atomic mass is 16.6. The van der Waals surface area contributed by atoms with Crippen molar-refractivity contribution in [3.8, 4) is 0 Å². The number of nitrogens with zero attached hydrogens (tertiary/aromatic N) is 1. The van der Waals surface area contributed by atoms with E-state index in [4.69, 9.17) is 5.11 Å². The van der Waals surface area contributed by atoms with Gasteiger partial charge >= 0.3 is 5.97 Å². The molecule has 0 fully saturated rings. The zero-order valence-corrected chi connectivity index (χ0v) is 9.45. The number of benzene rings is 1. The van der Waals surface area contributed by atoms with Gasteiger partial charge in [0.1, 0.15) is 0 Å². The highest BCUT2D eigenvalue weighted by molar-refractivity contribution is 5.87. The largest absolute Gasteiger partial charge is 0.478 e. The van der Waals surface area contributed by atoms with Gasteiger partial charge in [-0.05, 0) is 18.2 Å². The Kier molecular flexibility index (Phi) is 2.97. The standard InChI is InChI=1S/C13H11NO4/c15-12(16)10-4-6-11(7-5-10)13(14(17)18)8-2-1-3-9-13/h1-8H,9H2,(H,15,16). The minimum atomic E-state index is -1.29. The second-order valence-electron chi connectivity index (χ2n) is 4.06. The van der Waals surface area contributed by atoms with Crippen LogP contribution in [0.15, 0.2) is 48.6 Å². The molecule has 0 heterocycles. The van der Waals surface area contributed by atoms with Gasteiger partial charge in [0.05, 0.1) is 5.56 Å². The zero-order chi connectivity index (χ0) is 13.2. The van der Waals surface area contributed by atoms with E-state index in [1.807, 2.05) is 0 Å². The molecule has 1 atom stereocenters. The Bertz CT molecular complexity index is 545. The number of carboxylic acid groups (broad SMARTS) is 1. The second kappa shape index (κ2) is 4.44. The van der Waals surface area contributed by atoms with Crippen LogP contribution in [0.2, 0.25) is 0 Å². The van der Waals surface area contributed by atoms with E-state index in [1.165, 1.54) is 30.3 Å². The third-order valence-electron chi connectivity index (χ3n) is 3.01. The Morgan fingerprint density at radius 1 is 1.28 bits per heavy atom. The van der Waals surface area contributed by atoms with Crippen LogP contribution in [0.3, 0.4) is 0 Å². The molecule has 0 aliphatic heterocycles. The second-order valence-corrected chi connectivity index (χ2v) is 4.06. The summed E-state index contributed by atoms with van der Waals surface area (Å²) in [6.07, 6.45) is 6.92. The van der Waals surface area contributed by atoms with Crippen molar-refractivity contribution in [2.24, 2.45) is 0 Å². The lowest BCUT2D eigenvalue weighted by Gasteiger charge is -2.22. The summed E-state index contributed by atoms with van der Waals surface area (Å²) in [5, 5.41) is 20.1. The number of aromatic carboxylic acids is 1. The number of nitro groups is 1. The van der Waals surface area contributed by atoms with Gasteiger partial charge in [-0.15, -0.1) is 0 Å². The Morgan fingerprint density at radius 2 is 1.94 bits per heavy atom. The summed E-state index contributed by atoms with van der Waals surface area (Å²) in [7, 11) is 0. The van der Waals surface area contributed by atoms with E-state index in [0.717, 1.165) is 0 Å². The fourth-order valence-corrected chi connectivity index (χ4v) is 1.97.